The average molecular weight is 216 g/mol. The number of amides is 1. The van der Waals surface area contributed by atoms with Crippen LogP contribution in [0.3, 0.4) is 0 Å². The van der Waals surface area contributed by atoms with Gasteiger partial charge in [-0.25, -0.2) is 0 Å². The number of nitrogens with one attached hydrogen (secondary N) is 1. The van der Waals surface area contributed by atoms with Crippen molar-refractivity contribution in [2.24, 2.45) is 0 Å². The van der Waals surface area contributed by atoms with Gasteiger partial charge in [-0.3, -0.25) is 9.59 Å². The number of carbonyl (C=O) groups excluding carboxylic acids is 1. The molecule has 0 saturated carbocycles. The van der Waals surface area contributed by atoms with Crippen LogP contribution in [0.15, 0.2) is 12.2 Å². The Morgan fingerprint density at radius 3 is 2.07 bits per heavy atom. The molecule has 5 heteroatoms. The van der Waals surface area contributed by atoms with Gasteiger partial charge < -0.3 is 15.3 Å². The molecular weight excluding hydrogens is 196 g/mol. The Labute approximate surface area is 90.8 Å². The van der Waals surface area contributed by atoms with Crippen molar-refractivity contribution >= 4 is 11.9 Å². The molecule has 0 fully saturated rings. The molecule has 0 heterocycles. The van der Waals surface area contributed by atoms with Gasteiger partial charge in [-0.05, 0) is 14.0 Å². The maximum Gasteiger partial charge on any atom is 0.300 e. The van der Waals surface area contributed by atoms with Gasteiger partial charge in [0.1, 0.15) is 0 Å². The predicted molar refractivity (Wildman–Crippen MR) is 59.7 cm³/mol. The van der Waals surface area contributed by atoms with E-state index in [-0.39, 0.29) is 5.91 Å². The number of likely N-dealkylation sites (N-methyl/N-ethyl adjacent to an activating group) is 2. The maximum atomic E-state index is 11.1. The fourth-order valence-electron chi connectivity index (χ4n) is 0.707. The number of carboxylic acid groups (broad SMARTS) is 1. The van der Waals surface area contributed by atoms with Gasteiger partial charge in [0.15, 0.2) is 0 Å². The molecule has 2 N–H and O–H groups in total. The number of rotatable bonds is 4. The lowest BCUT2D eigenvalue weighted by Crippen LogP contribution is -2.32. The molecule has 0 unspecified atom stereocenters. The second kappa shape index (κ2) is 9.21. The number of aliphatic carboxylic acids is 1. The molecular formula is C10H20N2O3. The van der Waals surface area contributed by atoms with E-state index in [4.69, 9.17) is 9.90 Å². The zero-order valence-electron chi connectivity index (χ0n) is 9.83. The SMILES string of the molecule is C=C(C)C(=O)N(C)CCNC.CC(=O)O. The molecule has 0 aliphatic rings. The molecule has 0 aromatic heterocycles. The molecule has 88 valence electrons. The highest BCUT2D eigenvalue weighted by Crippen LogP contribution is 1.93. The molecule has 5 nitrogen and oxygen atoms in total. The summed E-state index contributed by atoms with van der Waals surface area (Å²) in [5.41, 5.74) is 0.587. The minimum atomic E-state index is -0.833. The number of hydrogen-bond donors (Lipinski definition) is 2. The van der Waals surface area contributed by atoms with Gasteiger partial charge in [0.2, 0.25) is 5.91 Å². The van der Waals surface area contributed by atoms with Gasteiger partial charge >= 0.3 is 0 Å². The molecule has 0 bridgehead atoms. The largest absolute Gasteiger partial charge is 0.481 e. The van der Waals surface area contributed by atoms with Crippen molar-refractivity contribution in [3.8, 4) is 0 Å². The summed E-state index contributed by atoms with van der Waals surface area (Å²) in [6, 6.07) is 0. The third kappa shape index (κ3) is 12.6. The quantitative estimate of drug-likeness (QED) is 0.664. The van der Waals surface area contributed by atoms with E-state index in [1.54, 1.807) is 18.9 Å². The lowest BCUT2D eigenvalue weighted by Gasteiger charge is -2.16. The first-order valence-corrected chi connectivity index (χ1v) is 4.58. The Hall–Kier alpha value is -1.36. The van der Waals surface area contributed by atoms with Crippen molar-refractivity contribution in [3.63, 3.8) is 0 Å². The molecule has 0 rings (SSSR count). The smallest absolute Gasteiger partial charge is 0.300 e. The Balaban J connectivity index is 0. The Kier molecular flexibility index (Phi) is 9.87. The van der Waals surface area contributed by atoms with E-state index in [9.17, 15) is 4.79 Å². The normalized spacial score (nSPS) is 8.53. The van der Waals surface area contributed by atoms with E-state index in [0.717, 1.165) is 20.0 Å². The highest BCUT2D eigenvalue weighted by atomic mass is 16.4. The van der Waals surface area contributed by atoms with Crippen molar-refractivity contribution in [2.45, 2.75) is 13.8 Å². The lowest BCUT2D eigenvalue weighted by molar-refractivity contribution is -0.134. The van der Waals surface area contributed by atoms with E-state index in [1.165, 1.54) is 0 Å². The summed E-state index contributed by atoms with van der Waals surface area (Å²) >= 11 is 0. The Morgan fingerprint density at radius 2 is 1.80 bits per heavy atom. The van der Waals surface area contributed by atoms with E-state index in [1.807, 2.05) is 7.05 Å². The molecule has 0 atom stereocenters. The van der Waals surface area contributed by atoms with Crippen LogP contribution in [0.1, 0.15) is 13.8 Å². The minimum Gasteiger partial charge on any atom is -0.481 e. The van der Waals surface area contributed by atoms with Crippen molar-refractivity contribution in [1.82, 2.24) is 10.2 Å². The van der Waals surface area contributed by atoms with E-state index < -0.39 is 5.97 Å². The maximum absolute atomic E-state index is 11.1. The van der Waals surface area contributed by atoms with Gasteiger partial charge in [0.05, 0.1) is 0 Å². The molecule has 0 spiro atoms. The van der Waals surface area contributed by atoms with Crippen molar-refractivity contribution in [1.29, 1.82) is 0 Å². The molecule has 0 aliphatic carbocycles. The van der Waals surface area contributed by atoms with Crippen molar-refractivity contribution in [2.75, 3.05) is 27.2 Å². The Morgan fingerprint density at radius 1 is 1.40 bits per heavy atom. The number of carbonyl (C=O) groups is 2. The fraction of sp³-hybridized carbons (Fsp3) is 0.600. The molecule has 0 aromatic carbocycles. The third-order valence-corrected chi connectivity index (χ3v) is 1.41. The zero-order valence-corrected chi connectivity index (χ0v) is 9.83. The monoisotopic (exact) mass is 216 g/mol. The van der Waals surface area contributed by atoms with E-state index in [2.05, 4.69) is 11.9 Å². The Bertz CT molecular complexity index is 223. The molecule has 0 radical (unpaired) electrons. The summed E-state index contributed by atoms with van der Waals surface area (Å²) < 4.78 is 0. The van der Waals surface area contributed by atoms with Gasteiger partial charge in [0.25, 0.3) is 5.97 Å². The minimum absolute atomic E-state index is 0.0141. The van der Waals surface area contributed by atoms with Crippen LogP contribution < -0.4 is 5.32 Å². The van der Waals surface area contributed by atoms with Crippen molar-refractivity contribution in [3.05, 3.63) is 12.2 Å². The van der Waals surface area contributed by atoms with Crippen LogP contribution in [0.4, 0.5) is 0 Å². The second-order valence-corrected chi connectivity index (χ2v) is 3.13. The summed E-state index contributed by atoms with van der Waals surface area (Å²) in [6.07, 6.45) is 0. The van der Waals surface area contributed by atoms with Crippen LogP contribution in [0.2, 0.25) is 0 Å². The predicted octanol–water partition coefficient (Wildman–Crippen LogP) is 0.331. The topological polar surface area (TPSA) is 69.6 Å². The summed E-state index contributed by atoms with van der Waals surface area (Å²) in [4.78, 5) is 21.8. The third-order valence-electron chi connectivity index (χ3n) is 1.41. The first kappa shape index (κ1) is 16.1. The standard InChI is InChI=1S/C8H16N2O.C2H4O2/c1-7(2)8(11)10(4)6-5-9-3;1-2(3)4/h9H,1,5-6H2,2-4H3;1H3,(H,3,4). The number of carboxylic acids is 1. The summed E-state index contributed by atoms with van der Waals surface area (Å²) in [6.45, 7) is 7.92. The van der Waals surface area contributed by atoms with E-state index >= 15 is 0 Å². The van der Waals surface area contributed by atoms with Gasteiger partial charge in [-0.1, -0.05) is 6.58 Å². The van der Waals surface area contributed by atoms with Crippen molar-refractivity contribution < 1.29 is 14.7 Å². The second-order valence-electron chi connectivity index (χ2n) is 3.13. The molecule has 0 saturated heterocycles. The van der Waals surface area contributed by atoms with Gasteiger partial charge in [0, 0.05) is 32.6 Å². The highest BCUT2D eigenvalue weighted by molar-refractivity contribution is 5.91. The summed E-state index contributed by atoms with van der Waals surface area (Å²) in [5.74, 6) is -0.819. The molecule has 0 aliphatic heterocycles. The fourth-order valence-corrected chi connectivity index (χ4v) is 0.707. The molecule has 15 heavy (non-hydrogen) atoms. The average Bonchev–Trinajstić information content (AvgIpc) is 2.11. The highest BCUT2D eigenvalue weighted by Gasteiger charge is 2.06. The van der Waals surface area contributed by atoms with Crippen LogP contribution >= 0.6 is 0 Å². The first-order valence-electron chi connectivity index (χ1n) is 4.58. The van der Waals surface area contributed by atoms with Crippen LogP contribution in [0, 0.1) is 0 Å². The zero-order chi connectivity index (χ0) is 12.4. The molecule has 0 aromatic rings. The van der Waals surface area contributed by atoms with Crippen LogP contribution in [0.25, 0.3) is 0 Å². The van der Waals surface area contributed by atoms with E-state index in [0.29, 0.717) is 5.57 Å². The van der Waals surface area contributed by atoms with Crippen LogP contribution in [-0.4, -0.2) is 49.1 Å². The van der Waals surface area contributed by atoms with Crippen LogP contribution in [-0.2, 0) is 9.59 Å². The van der Waals surface area contributed by atoms with Gasteiger partial charge in [-0.15, -0.1) is 0 Å². The first-order chi connectivity index (χ1) is 6.82. The van der Waals surface area contributed by atoms with Crippen LogP contribution in [0.5, 0.6) is 0 Å². The summed E-state index contributed by atoms with van der Waals surface area (Å²) in [7, 11) is 3.63. The lowest BCUT2D eigenvalue weighted by atomic mass is 10.3. The number of hydrogen-bond acceptors (Lipinski definition) is 3. The molecule has 1 amide bonds. The summed E-state index contributed by atoms with van der Waals surface area (Å²) in [5, 5.41) is 10.4. The van der Waals surface area contributed by atoms with Gasteiger partial charge in [-0.2, -0.15) is 0 Å². The number of nitrogens with zero attached hydrogens (tertiary/aromatic N) is 1.